The smallest absolute Gasteiger partial charge is 0.256 e. The highest BCUT2D eigenvalue weighted by molar-refractivity contribution is 6.04. The SMILES string of the molecule is Cc1cc(C)c2oc(-c3ccc(C(=O)Nc4cc(C)nn4C)cc3)cc(=O)c2c1. The summed E-state index contributed by atoms with van der Waals surface area (Å²) in [4.78, 5) is 25.1. The number of rotatable bonds is 3. The average Bonchev–Trinajstić information content (AvgIpc) is 2.99. The summed E-state index contributed by atoms with van der Waals surface area (Å²) >= 11 is 0. The number of nitrogens with one attached hydrogen (secondary N) is 1. The van der Waals surface area contributed by atoms with Crippen LogP contribution >= 0.6 is 0 Å². The topological polar surface area (TPSA) is 77.1 Å². The summed E-state index contributed by atoms with van der Waals surface area (Å²) in [6, 6.07) is 14.1. The zero-order valence-corrected chi connectivity index (χ0v) is 16.7. The standard InChI is InChI=1S/C23H21N3O3/c1-13-9-14(2)22-18(10-13)19(27)12-20(29-22)16-5-7-17(8-6-16)23(28)24-21-11-15(3)25-26(21)4/h5-12H,1-4H3,(H,24,28). The summed E-state index contributed by atoms with van der Waals surface area (Å²) < 4.78 is 7.64. The van der Waals surface area contributed by atoms with Gasteiger partial charge in [0, 0.05) is 30.3 Å². The van der Waals surface area contributed by atoms with Gasteiger partial charge >= 0.3 is 0 Å². The summed E-state index contributed by atoms with van der Waals surface area (Å²) in [6.45, 7) is 5.75. The lowest BCUT2D eigenvalue weighted by Gasteiger charge is -2.08. The summed E-state index contributed by atoms with van der Waals surface area (Å²) in [5.41, 5.74) is 4.51. The third-order valence-electron chi connectivity index (χ3n) is 4.83. The van der Waals surface area contributed by atoms with E-state index in [1.165, 1.54) is 6.07 Å². The Kier molecular flexibility index (Phi) is 4.54. The molecule has 0 radical (unpaired) electrons. The number of fused-ring (bicyclic) bond motifs is 1. The van der Waals surface area contributed by atoms with Gasteiger partial charge < -0.3 is 9.73 Å². The van der Waals surface area contributed by atoms with E-state index in [-0.39, 0.29) is 11.3 Å². The Labute approximate surface area is 167 Å². The van der Waals surface area contributed by atoms with E-state index in [0.717, 1.165) is 22.4 Å². The van der Waals surface area contributed by atoms with Gasteiger partial charge in [0.15, 0.2) is 5.43 Å². The fraction of sp³-hybridized carbons (Fsp3) is 0.174. The number of amides is 1. The highest BCUT2D eigenvalue weighted by Gasteiger charge is 2.12. The summed E-state index contributed by atoms with van der Waals surface area (Å²) in [5, 5.41) is 7.64. The maximum absolute atomic E-state index is 12.6. The molecule has 0 fully saturated rings. The molecule has 29 heavy (non-hydrogen) atoms. The number of benzene rings is 2. The second-order valence-electron chi connectivity index (χ2n) is 7.26. The lowest BCUT2D eigenvalue weighted by atomic mass is 10.1. The number of hydrogen-bond acceptors (Lipinski definition) is 4. The van der Waals surface area contributed by atoms with E-state index >= 15 is 0 Å². The van der Waals surface area contributed by atoms with Gasteiger partial charge in [0.2, 0.25) is 0 Å². The predicted molar refractivity (Wildman–Crippen MR) is 113 cm³/mol. The number of aryl methyl sites for hydroxylation is 4. The molecule has 0 atom stereocenters. The van der Waals surface area contributed by atoms with Crippen LogP contribution in [-0.4, -0.2) is 15.7 Å². The van der Waals surface area contributed by atoms with Gasteiger partial charge in [0.1, 0.15) is 17.2 Å². The molecule has 4 aromatic rings. The number of carbonyl (C=O) groups is 1. The lowest BCUT2D eigenvalue weighted by molar-refractivity contribution is 0.102. The zero-order valence-electron chi connectivity index (χ0n) is 16.7. The molecule has 4 rings (SSSR count). The van der Waals surface area contributed by atoms with Crippen LogP contribution in [0.1, 0.15) is 27.2 Å². The van der Waals surface area contributed by atoms with E-state index < -0.39 is 0 Å². The first kappa shape index (κ1) is 18.7. The van der Waals surface area contributed by atoms with Crippen LogP contribution in [0.25, 0.3) is 22.3 Å². The van der Waals surface area contributed by atoms with Crippen molar-refractivity contribution < 1.29 is 9.21 Å². The van der Waals surface area contributed by atoms with Crippen LogP contribution in [0.4, 0.5) is 5.82 Å². The minimum absolute atomic E-state index is 0.0820. The normalized spacial score (nSPS) is 11.0. The first-order valence-corrected chi connectivity index (χ1v) is 9.29. The zero-order chi connectivity index (χ0) is 20.7. The molecule has 6 heteroatoms. The minimum Gasteiger partial charge on any atom is -0.456 e. The molecule has 0 saturated heterocycles. The maximum Gasteiger partial charge on any atom is 0.256 e. The molecule has 0 aliphatic carbocycles. The Morgan fingerprint density at radius 1 is 1.03 bits per heavy atom. The van der Waals surface area contributed by atoms with Gasteiger partial charge in [-0.25, -0.2) is 0 Å². The Morgan fingerprint density at radius 2 is 1.76 bits per heavy atom. The van der Waals surface area contributed by atoms with Crippen LogP contribution in [-0.2, 0) is 7.05 Å². The van der Waals surface area contributed by atoms with Crippen LogP contribution in [0.5, 0.6) is 0 Å². The van der Waals surface area contributed by atoms with Crippen LogP contribution in [0.15, 0.2) is 57.7 Å². The fourth-order valence-corrected chi connectivity index (χ4v) is 3.45. The largest absolute Gasteiger partial charge is 0.456 e. The first-order chi connectivity index (χ1) is 13.8. The van der Waals surface area contributed by atoms with Gasteiger partial charge in [-0.1, -0.05) is 18.2 Å². The molecule has 0 unspecified atom stereocenters. The van der Waals surface area contributed by atoms with E-state index in [0.29, 0.717) is 28.1 Å². The molecule has 146 valence electrons. The van der Waals surface area contributed by atoms with Crippen molar-refractivity contribution in [2.75, 3.05) is 5.32 Å². The van der Waals surface area contributed by atoms with Crippen LogP contribution in [0, 0.1) is 20.8 Å². The maximum atomic E-state index is 12.6. The number of hydrogen-bond donors (Lipinski definition) is 1. The number of aromatic nitrogens is 2. The quantitative estimate of drug-likeness (QED) is 0.566. The minimum atomic E-state index is -0.231. The van der Waals surface area contributed by atoms with Gasteiger partial charge in [-0.05, 0) is 50.1 Å². The van der Waals surface area contributed by atoms with Crippen molar-refractivity contribution in [3.63, 3.8) is 0 Å². The van der Waals surface area contributed by atoms with Crippen LogP contribution in [0.3, 0.4) is 0 Å². The molecular formula is C23H21N3O3. The monoisotopic (exact) mass is 387 g/mol. The molecule has 2 heterocycles. The third-order valence-corrected chi connectivity index (χ3v) is 4.83. The molecule has 0 aliphatic rings. The molecule has 0 saturated carbocycles. The van der Waals surface area contributed by atoms with Crippen LogP contribution in [0.2, 0.25) is 0 Å². The van der Waals surface area contributed by atoms with Gasteiger partial charge in [0.05, 0.1) is 11.1 Å². The highest BCUT2D eigenvalue weighted by atomic mass is 16.3. The molecule has 0 bridgehead atoms. The molecule has 0 spiro atoms. The number of nitrogens with zero attached hydrogens (tertiary/aromatic N) is 2. The van der Waals surface area contributed by atoms with E-state index in [1.54, 1.807) is 42.1 Å². The summed E-state index contributed by atoms with van der Waals surface area (Å²) in [5.74, 6) is 0.873. The highest BCUT2D eigenvalue weighted by Crippen LogP contribution is 2.25. The summed E-state index contributed by atoms with van der Waals surface area (Å²) in [6.07, 6.45) is 0. The van der Waals surface area contributed by atoms with Crippen molar-refractivity contribution >= 4 is 22.7 Å². The van der Waals surface area contributed by atoms with Crippen molar-refractivity contribution in [2.24, 2.45) is 7.05 Å². The summed E-state index contributed by atoms with van der Waals surface area (Å²) in [7, 11) is 1.77. The second kappa shape index (κ2) is 7.05. The molecule has 1 amide bonds. The molecule has 2 aromatic heterocycles. The van der Waals surface area contributed by atoms with Gasteiger partial charge in [-0.15, -0.1) is 0 Å². The molecule has 1 N–H and O–H groups in total. The van der Waals surface area contributed by atoms with Gasteiger partial charge in [-0.3, -0.25) is 14.3 Å². The van der Waals surface area contributed by atoms with E-state index in [1.807, 2.05) is 32.9 Å². The Morgan fingerprint density at radius 3 is 2.41 bits per heavy atom. The first-order valence-electron chi connectivity index (χ1n) is 9.29. The fourth-order valence-electron chi connectivity index (χ4n) is 3.45. The molecular weight excluding hydrogens is 366 g/mol. The van der Waals surface area contributed by atoms with E-state index in [9.17, 15) is 9.59 Å². The third kappa shape index (κ3) is 3.57. The van der Waals surface area contributed by atoms with Crippen molar-refractivity contribution in [1.29, 1.82) is 0 Å². The van der Waals surface area contributed by atoms with Crippen molar-refractivity contribution in [3.05, 3.63) is 81.1 Å². The lowest BCUT2D eigenvalue weighted by Crippen LogP contribution is -2.14. The van der Waals surface area contributed by atoms with E-state index in [2.05, 4.69) is 10.4 Å². The Balaban J connectivity index is 1.65. The van der Waals surface area contributed by atoms with E-state index in [4.69, 9.17) is 4.42 Å². The molecule has 0 aliphatic heterocycles. The van der Waals surface area contributed by atoms with Gasteiger partial charge in [0.25, 0.3) is 5.91 Å². The van der Waals surface area contributed by atoms with Gasteiger partial charge in [-0.2, -0.15) is 5.10 Å². The predicted octanol–water partition coefficient (Wildman–Crippen LogP) is 4.37. The Bertz CT molecular complexity index is 1300. The number of anilines is 1. The van der Waals surface area contributed by atoms with Crippen LogP contribution < -0.4 is 10.7 Å². The second-order valence-corrected chi connectivity index (χ2v) is 7.26. The number of carbonyl (C=O) groups excluding carboxylic acids is 1. The average molecular weight is 387 g/mol. The molecule has 6 nitrogen and oxygen atoms in total. The Hall–Kier alpha value is -3.67. The van der Waals surface area contributed by atoms with Crippen molar-refractivity contribution in [3.8, 4) is 11.3 Å². The van der Waals surface area contributed by atoms with Crippen molar-refractivity contribution in [2.45, 2.75) is 20.8 Å². The van der Waals surface area contributed by atoms with Crippen molar-refractivity contribution in [1.82, 2.24) is 9.78 Å². The molecule has 2 aromatic carbocycles.